The lowest BCUT2D eigenvalue weighted by atomic mass is 10.2. The lowest BCUT2D eigenvalue weighted by Crippen LogP contribution is -2.00. The van der Waals surface area contributed by atoms with E-state index in [-0.39, 0.29) is 0 Å². The molecule has 0 atom stereocenters. The second-order valence-corrected chi connectivity index (χ2v) is 5.20. The van der Waals surface area contributed by atoms with Crippen LogP contribution in [-0.4, -0.2) is 20.6 Å². The van der Waals surface area contributed by atoms with Crippen molar-refractivity contribution in [2.45, 2.75) is 19.8 Å². The lowest BCUT2D eigenvalue weighted by Gasteiger charge is -2.09. The van der Waals surface area contributed by atoms with Crippen molar-refractivity contribution in [1.29, 1.82) is 0 Å². The minimum Gasteiger partial charge on any atom is -0.478 e. The molecule has 0 saturated carbocycles. The standard InChI is InChI=1S/C15H15BrN2O2/c1-2-3-14-17-8-9-18(14)12-6-4-11(13(16)10-12)5-7-15(19)20/h4-10H,2-3H2,1H3,(H,19,20)/b7-5+. The first-order valence-corrected chi connectivity index (χ1v) is 7.14. The van der Waals surface area contributed by atoms with Gasteiger partial charge in [-0.1, -0.05) is 28.9 Å². The normalized spacial score (nSPS) is 11.1. The topological polar surface area (TPSA) is 55.1 Å². The molecule has 20 heavy (non-hydrogen) atoms. The zero-order valence-electron chi connectivity index (χ0n) is 11.1. The first-order valence-electron chi connectivity index (χ1n) is 6.35. The van der Waals surface area contributed by atoms with Crippen molar-refractivity contribution in [2.75, 3.05) is 0 Å². The van der Waals surface area contributed by atoms with Gasteiger partial charge in [-0.3, -0.25) is 0 Å². The smallest absolute Gasteiger partial charge is 0.328 e. The van der Waals surface area contributed by atoms with Crippen LogP contribution in [0.15, 0.2) is 41.1 Å². The molecule has 1 heterocycles. The Kier molecular flexibility index (Phi) is 4.74. The fourth-order valence-corrected chi connectivity index (χ4v) is 2.44. The highest BCUT2D eigenvalue weighted by atomic mass is 79.9. The zero-order valence-corrected chi connectivity index (χ0v) is 12.7. The largest absolute Gasteiger partial charge is 0.478 e. The van der Waals surface area contributed by atoms with Gasteiger partial charge in [-0.05, 0) is 30.2 Å². The Morgan fingerprint density at radius 3 is 2.95 bits per heavy atom. The first-order chi connectivity index (χ1) is 9.61. The van der Waals surface area contributed by atoms with Gasteiger partial charge in [0.1, 0.15) is 5.82 Å². The second kappa shape index (κ2) is 6.52. The predicted molar refractivity (Wildman–Crippen MR) is 81.9 cm³/mol. The summed E-state index contributed by atoms with van der Waals surface area (Å²) in [5, 5.41) is 8.65. The number of aliphatic carboxylic acids is 1. The van der Waals surface area contributed by atoms with E-state index in [9.17, 15) is 4.79 Å². The Bertz CT molecular complexity index is 647. The summed E-state index contributed by atoms with van der Waals surface area (Å²) in [6.07, 6.45) is 8.37. The van der Waals surface area contributed by atoms with Gasteiger partial charge in [-0.2, -0.15) is 0 Å². The van der Waals surface area contributed by atoms with Crippen LogP contribution in [0.4, 0.5) is 0 Å². The molecular weight excluding hydrogens is 320 g/mol. The van der Waals surface area contributed by atoms with Crippen molar-refractivity contribution < 1.29 is 9.90 Å². The van der Waals surface area contributed by atoms with Gasteiger partial charge in [0.25, 0.3) is 0 Å². The highest BCUT2D eigenvalue weighted by Crippen LogP contribution is 2.23. The third-order valence-electron chi connectivity index (χ3n) is 2.86. The molecular formula is C15H15BrN2O2. The Morgan fingerprint density at radius 1 is 1.50 bits per heavy atom. The van der Waals surface area contributed by atoms with Crippen LogP contribution in [0.3, 0.4) is 0 Å². The van der Waals surface area contributed by atoms with E-state index in [1.165, 1.54) is 0 Å². The van der Waals surface area contributed by atoms with E-state index in [1.807, 2.05) is 29.0 Å². The quantitative estimate of drug-likeness (QED) is 0.848. The summed E-state index contributed by atoms with van der Waals surface area (Å²) in [5.74, 6) is 0.0639. The van der Waals surface area contributed by atoms with E-state index in [1.54, 1.807) is 12.3 Å². The number of aryl methyl sites for hydroxylation is 1. The number of aromatic nitrogens is 2. The number of carboxylic acids is 1. The first kappa shape index (κ1) is 14.5. The molecule has 5 heteroatoms. The average Bonchev–Trinajstić information content (AvgIpc) is 2.86. The number of hydrogen-bond donors (Lipinski definition) is 1. The number of carboxylic acid groups (broad SMARTS) is 1. The van der Waals surface area contributed by atoms with Crippen molar-refractivity contribution in [3.63, 3.8) is 0 Å². The van der Waals surface area contributed by atoms with E-state index >= 15 is 0 Å². The van der Waals surface area contributed by atoms with Crippen molar-refractivity contribution >= 4 is 28.0 Å². The third kappa shape index (κ3) is 3.36. The molecule has 2 rings (SSSR count). The Labute approximate surface area is 125 Å². The highest BCUT2D eigenvalue weighted by molar-refractivity contribution is 9.10. The third-order valence-corrected chi connectivity index (χ3v) is 3.55. The van der Waals surface area contributed by atoms with Crippen molar-refractivity contribution in [3.8, 4) is 5.69 Å². The number of nitrogens with zero attached hydrogens (tertiary/aromatic N) is 2. The van der Waals surface area contributed by atoms with Gasteiger partial charge in [0.2, 0.25) is 0 Å². The number of halogens is 1. The molecule has 0 aliphatic carbocycles. The maximum Gasteiger partial charge on any atom is 0.328 e. The second-order valence-electron chi connectivity index (χ2n) is 4.34. The van der Waals surface area contributed by atoms with E-state index in [0.29, 0.717) is 0 Å². The molecule has 1 aromatic heterocycles. The van der Waals surface area contributed by atoms with Gasteiger partial charge < -0.3 is 9.67 Å². The summed E-state index contributed by atoms with van der Waals surface area (Å²) in [4.78, 5) is 14.9. The molecule has 0 aliphatic rings. The number of hydrogen-bond acceptors (Lipinski definition) is 2. The number of benzene rings is 1. The fourth-order valence-electron chi connectivity index (χ4n) is 1.94. The van der Waals surface area contributed by atoms with Crippen LogP contribution in [0.25, 0.3) is 11.8 Å². The minimum absolute atomic E-state index is 0.827. The number of carbonyl (C=O) groups is 1. The van der Waals surface area contributed by atoms with Crippen LogP contribution < -0.4 is 0 Å². The Balaban J connectivity index is 2.33. The fraction of sp³-hybridized carbons (Fsp3) is 0.200. The van der Waals surface area contributed by atoms with Crippen molar-refractivity contribution in [2.24, 2.45) is 0 Å². The molecule has 0 bridgehead atoms. The molecule has 0 fully saturated rings. The maximum absolute atomic E-state index is 10.5. The summed E-state index contributed by atoms with van der Waals surface area (Å²) >= 11 is 3.47. The molecule has 2 aromatic rings. The van der Waals surface area contributed by atoms with E-state index in [2.05, 4.69) is 27.8 Å². The van der Waals surface area contributed by atoms with Crippen LogP contribution >= 0.6 is 15.9 Å². The monoisotopic (exact) mass is 334 g/mol. The van der Waals surface area contributed by atoms with Crippen molar-refractivity contribution in [1.82, 2.24) is 9.55 Å². The van der Waals surface area contributed by atoms with E-state index in [4.69, 9.17) is 5.11 Å². The summed E-state index contributed by atoms with van der Waals surface area (Å²) in [6, 6.07) is 5.80. The van der Waals surface area contributed by atoms with Gasteiger partial charge in [-0.15, -0.1) is 0 Å². The highest BCUT2D eigenvalue weighted by Gasteiger charge is 2.06. The Hall–Kier alpha value is -1.88. The number of rotatable bonds is 5. The zero-order chi connectivity index (χ0) is 14.5. The van der Waals surface area contributed by atoms with Gasteiger partial charge in [0.05, 0.1) is 0 Å². The average molecular weight is 335 g/mol. The molecule has 1 aromatic carbocycles. The van der Waals surface area contributed by atoms with Gasteiger partial charge in [0, 0.05) is 35.1 Å². The Morgan fingerprint density at radius 2 is 2.30 bits per heavy atom. The lowest BCUT2D eigenvalue weighted by molar-refractivity contribution is -0.131. The summed E-state index contributed by atoms with van der Waals surface area (Å²) in [5.41, 5.74) is 1.83. The summed E-state index contributed by atoms with van der Waals surface area (Å²) in [6.45, 7) is 2.12. The van der Waals surface area contributed by atoms with Gasteiger partial charge in [0.15, 0.2) is 0 Å². The molecule has 0 unspecified atom stereocenters. The van der Waals surface area contributed by atoms with E-state index in [0.717, 1.165) is 40.5 Å². The van der Waals surface area contributed by atoms with Crippen LogP contribution in [0.1, 0.15) is 24.7 Å². The van der Waals surface area contributed by atoms with E-state index < -0.39 is 5.97 Å². The molecule has 0 saturated heterocycles. The molecule has 4 nitrogen and oxygen atoms in total. The summed E-state index contributed by atoms with van der Waals surface area (Å²) < 4.78 is 2.89. The minimum atomic E-state index is -0.958. The van der Waals surface area contributed by atoms with Gasteiger partial charge >= 0.3 is 5.97 Å². The SMILES string of the molecule is CCCc1nccn1-c1ccc(/C=C/C(=O)O)c(Br)c1. The molecule has 0 radical (unpaired) electrons. The van der Waals surface area contributed by atoms with Crippen LogP contribution in [0.5, 0.6) is 0 Å². The molecule has 1 N–H and O–H groups in total. The molecule has 104 valence electrons. The van der Waals surface area contributed by atoms with Crippen LogP contribution in [0.2, 0.25) is 0 Å². The van der Waals surface area contributed by atoms with Crippen LogP contribution in [0, 0.1) is 0 Å². The van der Waals surface area contributed by atoms with Crippen molar-refractivity contribution in [3.05, 3.63) is 52.5 Å². The molecule has 0 aliphatic heterocycles. The van der Waals surface area contributed by atoms with Crippen LogP contribution in [-0.2, 0) is 11.2 Å². The molecule has 0 spiro atoms. The predicted octanol–water partition coefficient (Wildman–Crippen LogP) is 3.69. The molecule has 0 amide bonds. The van der Waals surface area contributed by atoms with Gasteiger partial charge in [-0.25, -0.2) is 9.78 Å². The maximum atomic E-state index is 10.5. The summed E-state index contributed by atoms with van der Waals surface area (Å²) in [7, 11) is 0. The number of imidazole rings is 1.